The van der Waals surface area contributed by atoms with E-state index in [-0.39, 0.29) is 0 Å². The number of guanidine groups is 1. The molecule has 1 aliphatic rings. The van der Waals surface area contributed by atoms with Crippen LogP contribution in [-0.4, -0.2) is 30.6 Å². The Balaban J connectivity index is 1.72. The zero-order valence-corrected chi connectivity index (χ0v) is 9.02. The molecule has 0 aliphatic carbocycles. The quantitative estimate of drug-likeness (QED) is 0.765. The van der Waals surface area contributed by atoms with Crippen LogP contribution in [0.15, 0.2) is 10.4 Å². The molecule has 0 saturated heterocycles. The number of hydrogen-bond acceptors (Lipinski definition) is 5. The number of thiazole rings is 1. The first kappa shape index (κ1) is 9.45. The van der Waals surface area contributed by atoms with Crippen LogP contribution in [0.4, 0.5) is 0 Å². The van der Waals surface area contributed by atoms with E-state index in [1.165, 1.54) is 5.01 Å². The van der Waals surface area contributed by atoms with E-state index >= 15 is 0 Å². The predicted octanol–water partition coefficient (Wildman–Crippen LogP) is 0.543. The zero-order valence-electron chi connectivity index (χ0n) is 8.21. The van der Waals surface area contributed by atoms with Crippen molar-refractivity contribution in [3.8, 4) is 0 Å². The third kappa shape index (κ3) is 2.45. The molecule has 5 heteroatoms. The van der Waals surface area contributed by atoms with Crippen LogP contribution < -0.4 is 10.6 Å². The second-order valence-electron chi connectivity index (χ2n) is 3.22. The summed E-state index contributed by atoms with van der Waals surface area (Å²) in [5.41, 5.74) is 1.11. The molecule has 1 aromatic heterocycles. The molecule has 2 heterocycles. The highest BCUT2D eigenvalue weighted by molar-refractivity contribution is 7.09. The van der Waals surface area contributed by atoms with Crippen molar-refractivity contribution in [1.82, 2.24) is 15.6 Å². The molecule has 0 unspecified atom stereocenters. The number of nitrogens with one attached hydrogen (secondary N) is 2. The van der Waals surface area contributed by atoms with Gasteiger partial charge < -0.3 is 10.6 Å². The van der Waals surface area contributed by atoms with Gasteiger partial charge >= 0.3 is 0 Å². The van der Waals surface area contributed by atoms with Crippen molar-refractivity contribution in [2.75, 3.05) is 19.6 Å². The summed E-state index contributed by atoms with van der Waals surface area (Å²) in [6.45, 7) is 4.77. The molecule has 0 saturated carbocycles. The second-order valence-corrected chi connectivity index (χ2v) is 4.16. The van der Waals surface area contributed by atoms with Gasteiger partial charge in [0.25, 0.3) is 0 Å². The molecule has 0 atom stereocenters. The minimum absolute atomic E-state index is 0.888. The van der Waals surface area contributed by atoms with E-state index in [9.17, 15) is 0 Å². The van der Waals surface area contributed by atoms with E-state index < -0.39 is 0 Å². The molecule has 14 heavy (non-hydrogen) atoms. The number of aryl methyl sites for hydroxylation is 1. The number of aliphatic imine (C=N–C) groups is 1. The van der Waals surface area contributed by atoms with Crippen molar-refractivity contribution in [1.29, 1.82) is 0 Å². The molecule has 0 bridgehead atoms. The van der Waals surface area contributed by atoms with E-state index in [2.05, 4.69) is 26.0 Å². The number of aromatic nitrogens is 1. The average molecular weight is 210 g/mol. The van der Waals surface area contributed by atoms with Crippen LogP contribution in [0.3, 0.4) is 0 Å². The Morgan fingerprint density at radius 1 is 1.64 bits per heavy atom. The smallest absolute Gasteiger partial charge is 0.191 e. The van der Waals surface area contributed by atoms with Crippen molar-refractivity contribution >= 4 is 17.3 Å². The summed E-state index contributed by atoms with van der Waals surface area (Å²) in [7, 11) is 0. The first-order chi connectivity index (χ1) is 6.84. The highest BCUT2D eigenvalue weighted by Crippen LogP contribution is 2.08. The van der Waals surface area contributed by atoms with Gasteiger partial charge in [0.1, 0.15) is 0 Å². The Kier molecular flexibility index (Phi) is 2.98. The summed E-state index contributed by atoms with van der Waals surface area (Å²) in [4.78, 5) is 8.64. The van der Waals surface area contributed by atoms with Crippen LogP contribution in [0.5, 0.6) is 0 Å². The maximum atomic E-state index is 4.39. The van der Waals surface area contributed by atoms with Crippen molar-refractivity contribution < 1.29 is 0 Å². The fourth-order valence-electron chi connectivity index (χ4n) is 1.32. The zero-order chi connectivity index (χ0) is 9.80. The topological polar surface area (TPSA) is 49.3 Å². The van der Waals surface area contributed by atoms with Gasteiger partial charge in [0, 0.05) is 30.6 Å². The molecule has 1 aromatic rings. The molecule has 0 spiro atoms. The third-order valence-corrected chi connectivity index (χ3v) is 3.00. The first-order valence-electron chi connectivity index (χ1n) is 4.78. The maximum absolute atomic E-state index is 4.39. The Labute approximate surface area is 87.5 Å². The van der Waals surface area contributed by atoms with Gasteiger partial charge in [-0.2, -0.15) is 0 Å². The minimum atomic E-state index is 0.888. The lowest BCUT2D eigenvalue weighted by Crippen LogP contribution is -2.34. The molecule has 2 N–H and O–H groups in total. The van der Waals surface area contributed by atoms with Crippen molar-refractivity contribution in [2.24, 2.45) is 4.99 Å². The largest absolute Gasteiger partial charge is 0.356 e. The third-order valence-electron chi connectivity index (χ3n) is 1.97. The molecule has 76 valence electrons. The van der Waals surface area contributed by atoms with Crippen molar-refractivity contribution in [3.63, 3.8) is 0 Å². The van der Waals surface area contributed by atoms with E-state index in [1.807, 2.05) is 6.92 Å². The molecular formula is C9H14N4S. The Morgan fingerprint density at radius 2 is 2.57 bits per heavy atom. The van der Waals surface area contributed by atoms with E-state index in [4.69, 9.17) is 0 Å². The average Bonchev–Trinajstić information content (AvgIpc) is 2.77. The van der Waals surface area contributed by atoms with Crippen LogP contribution >= 0.6 is 11.3 Å². The Hall–Kier alpha value is -1.10. The molecule has 1 aliphatic heterocycles. The number of hydrogen-bond donors (Lipinski definition) is 2. The first-order valence-corrected chi connectivity index (χ1v) is 5.66. The van der Waals surface area contributed by atoms with E-state index in [0.717, 1.165) is 37.7 Å². The standard InChI is InChI=1S/C9H14N4S/c1-7-6-14-8(13-7)2-3-10-9-11-4-5-12-9/h6H,2-5H2,1H3,(H2,10,11,12). The molecule has 4 nitrogen and oxygen atoms in total. The molecule has 0 aromatic carbocycles. The monoisotopic (exact) mass is 210 g/mol. The van der Waals surface area contributed by atoms with Crippen LogP contribution in [0.2, 0.25) is 0 Å². The lowest BCUT2D eigenvalue weighted by atomic mass is 10.4. The molecule has 0 amide bonds. The predicted molar refractivity (Wildman–Crippen MR) is 58.9 cm³/mol. The van der Waals surface area contributed by atoms with Gasteiger partial charge in [0.2, 0.25) is 0 Å². The van der Waals surface area contributed by atoms with Gasteiger partial charge in [-0.1, -0.05) is 0 Å². The number of rotatable bonds is 3. The molecule has 0 fully saturated rings. The van der Waals surface area contributed by atoms with Crippen molar-refractivity contribution in [2.45, 2.75) is 13.3 Å². The van der Waals surface area contributed by atoms with Crippen LogP contribution in [0.25, 0.3) is 0 Å². The highest BCUT2D eigenvalue weighted by Gasteiger charge is 2.03. The second kappa shape index (κ2) is 4.41. The maximum Gasteiger partial charge on any atom is 0.191 e. The van der Waals surface area contributed by atoms with Crippen LogP contribution in [-0.2, 0) is 6.42 Å². The van der Waals surface area contributed by atoms with Crippen LogP contribution in [0, 0.1) is 6.92 Å². The van der Waals surface area contributed by atoms with Gasteiger partial charge in [0.15, 0.2) is 5.96 Å². The van der Waals surface area contributed by atoms with Crippen LogP contribution in [0.1, 0.15) is 10.7 Å². The van der Waals surface area contributed by atoms with Gasteiger partial charge in [-0.25, -0.2) is 4.98 Å². The lowest BCUT2D eigenvalue weighted by molar-refractivity contribution is 0.830. The van der Waals surface area contributed by atoms with Gasteiger partial charge in [-0.3, -0.25) is 4.99 Å². The summed E-state index contributed by atoms with van der Waals surface area (Å²) in [5, 5.41) is 9.69. The lowest BCUT2D eigenvalue weighted by Gasteiger charge is -2.04. The SMILES string of the molecule is Cc1csc(CCNC2=NCCN2)n1. The summed E-state index contributed by atoms with van der Waals surface area (Å²) in [6, 6.07) is 0. The van der Waals surface area contributed by atoms with Gasteiger partial charge in [0.05, 0.1) is 11.6 Å². The Morgan fingerprint density at radius 3 is 3.21 bits per heavy atom. The minimum Gasteiger partial charge on any atom is -0.356 e. The Bertz CT molecular complexity index is 331. The van der Waals surface area contributed by atoms with Gasteiger partial charge in [-0.15, -0.1) is 11.3 Å². The van der Waals surface area contributed by atoms with Crippen molar-refractivity contribution in [3.05, 3.63) is 16.1 Å². The molecular weight excluding hydrogens is 196 g/mol. The summed E-state index contributed by atoms with van der Waals surface area (Å²) >= 11 is 1.72. The van der Waals surface area contributed by atoms with E-state index in [1.54, 1.807) is 11.3 Å². The fraction of sp³-hybridized carbons (Fsp3) is 0.556. The number of nitrogens with zero attached hydrogens (tertiary/aromatic N) is 2. The highest BCUT2D eigenvalue weighted by atomic mass is 32.1. The normalized spacial score (nSPS) is 15.1. The van der Waals surface area contributed by atoms with Gasteiger partial charge in [-0.05, 0) is 6.92 Å². The fourth-order valence-corrected chi connectivity index (χ4v) is 2.10. The molecule has 2 rings (SSSR count). The molecule has 0 radical (unpaired) electrons. The van der Waals surface area contributed by atoms with E-state index in [0.29, 0.717) is 0 Å². The summed E-state index contributed by atoms with van der Waals surface area (Å²) in [5.74, 6) is 0.929. The summed E-state index contributed by atoms with van der Waals surface area (Å²) < 4.78 is 0. The summed E-state index contributed by atoms with van der Waals surface area (Å²) in [6.07, 6.45) is 0.971.